The van der Waals surface area contributed by atoms with E-state index in [1.165, 1.54) is 12.1 Å². The largest absolute Gasteiger partial charge is 0.481 e. The van der Waals surface area contributed by atoms with Crippen LogP contribution in [0, 0.1) is 18.7 Å². The van der Waals surface area contributed by atoms with Gasteiger partial charge in [-0.15, -0.1) is 0 Å². The Kier molecular flexibility index (Phi) is 3.61. The van der Waals surface area contributed by atoms with Crippen LogP contribution in [0.3, 0.4) is 0 Å². The zero-order valence-corrected chi connectivity index (χ0v) is 12.2. The SMILES string of the molecule is Cc1cc(F)ccc1N1CC(C(=O)O)CC12CCNCC2. The molecule has 1 spiro atoms. The molecule has 0 radical (unpaired) electrons. The molecule has 1 aromatic rings. The van der Waals surface area contributed by atoms with E-state index in [0.29, 0.717) is 13.0 Å². The van der Waals surface area contributed by atoms with E-state index in [9.17, 15) is 14.3 Å². The third-order valence-corrected chi connectivity index (χ3v) is 4.94. The average Bonchev–Trinajstić information content (AvgIpc) is 2.79. The first-order valence-corrected chi connectivity index (χ1v) is 7.49. The highest BCUT2D eigenvalue weighted by Gasteiger charge is 2.48. The molecule has 0 amide bonds. The molecule has 2 fully saturated rings. The Hall–Kier alpha value is -1.62. The van der Waals surface area contributed by atoms with Crippen LogP contribution in [0.25, 0.3) is 0 Å². The Morgan fingerprint density at radius 1 is 1.43 bits per heavy atom. The second-order valence-corrected chi connectivity index (χ2v) is 6.26. The van der Waals surface area contributed by atoms with Crippen LogP contribution in [0.1, 0.15) is 24.8 Å². The van der Waals surface area contributed by atoms with E-state index in [4.69, 9.17) is 0 Å². The summed E-state index contributed by atoms with van der Waals surface area (Å²) < 4.78 is 13.4. The smallest absolute Gasteiger partial charge is 0.308 e. The van der Waals surface area contributed by atoms with Crippen LogP contribution in [0.2, 0.25) is 0 Å². The number of carbonyl (C=O) groups is 1. The van der Waals surface area contributed by atoms with E-state index in [0.717, 1.165) is 37.2 Å². The molecular weight excluding hydrogens is 271 g/mol. The van der Waals surface area contributed by atoms with Crippen molar-refractivity contribution in [3.63, 3.8) is 0 Å². The molecule has 3 rings (SSSR count). The van der Waals surface area contributed by atoms with Crippen molar-refractivity contribution >= 4 is 11.7 Å². The fourth-order valence-electron chi connectivity index (χ4n) is 3.85. The highest BCUT2D eigenvalue weighted by atomic mass is 19.1. The van der Waals surface area contributed by atoms with E-state index in [2.05, 4.69) is 10.2 Å². The Morgan fingerprint density at radius 3 is 2.76 bits per heavy atom. The molecule has 4 nitrogen and oxygen atoms in total. The van der Waals surface area contributed by atoms with Gasteiger partial charge in [-0.25, -0.2) is 4.39 Å². The summed E-state index contributed by atoms with van der Waals surface area (Å²) in [5.74, 6) is -1.31. The van der Waals surface area contributed by atoms with Gasteiger partial charge in [0.05, 0.1) is 5.92 Å². The van der Waals surface area contributed by atoms with Crippen LogP contribution in [-0.2, 0) is 4.79 Å². The third-order valence-electron chi connectivity index (χ3n) is 4.94. The lowest BCUT2D eigenvalue weighted by molar-refractivity contribution is -0.141. The summed E-state index contributed by atoms with van der Waals surface area (Å²) >= 11 is 0. The van der Waals surface area contributed by atoms with Gasteiger partial charge in [0.1, 0.15) is 5.82 Å². The second kappa shape index (κ2) is 5.30. The van der Waals surface area contributed by atoms with E-state index in [1.54, 1.807) is 6.07 Å². The molecule has 2 aliphatic rings. The zero-order chi connectivity index (χ0) is 15.0. The van der Waals surface area contributed by atoms with Gasteiger partial charge in [-0.3, -0.25) is 4.79 Å². The summed E-state index contributed by atoms with van der Waals surface area (Å²) in [7, 11) is 0. The van der Waals surface area contributed by atoms with Crippen molar-refractivity contribution in [1.29, 1.82) is 0 Å². The second-order valence-electron chi connectivity index (χ2n) is 6.26. The first-order valence-electron chi connectivity index (χ1n) is 7.49. The molecule has 0 aromatic heterocycles. The monoisotopic (exact) mass is 292 g/mol. The van der Waals surface area contributed by atoms with Crippen molar-refractivity contribution in [2.45, 2.75) is 31.7 Å². The lowest BCUT2D eigenvalue weighted by Gasteiger charge is -2.43. The van der Waals surface area contributed by atoms with Gasteiger partial charge in [-0.2, -0.15) is 0 Å². The fourth-order valence-corrected chi connectivity index (χ4v) is 3.85. The molecule has 0 saturated carbocycles. The minimum atomic E-state index is -0.727. The molecule has 114 valence electrons. The van der Waals surface area contributed by atoms with E-state index >= 15 is 0 Å². The van der Waals surface area contributed by atoms with Gasteiger partial charge < -0.3 is 15.3 Å². The van der Waals surface area contributed by atoms with Gasteiger partial charge in [0.25, 0.3) is 0 Å². The van der Waals surface area contributed by atoms with Gasteiger partial charge in [0.15, 0.2) is 0 Å². The number of carboxylic acid groups (broad SMARTS) is 1. The number of piperidine rings is 1. The molecule has 0 aliphatic carbocycles. The summed E-state index contributed by atoms with van der Waals surface area (Å²) in [5, 5.41) is 12.7. The number of hydrogen-bond acceptors (Lipinski definition) is 3. The van der Waals surface area contributed by atoms with Crippen molar-refractivity contribution in [2.75, 3.05) is 24.5 Å². The predicted octanol–water partition coefficient (Wildman–Crippen LogP) is 2.17. The summed E-state index contributed by atoms with van der Waals surface area (Å²) in [6.45, 7) is 4.22. The van der Waals surface area contributed by atoms with Crippen LogP contribution in [0.15, 0.2) is 18.2 Å². The molecule has 2 heterocycles. The number of hydrogen-bond donors (Lipinski definition) is 2. The lowest BCUT2D eigenvalue weighted by Crippen LogP contribution is -2.51. The minimum absolute atomic E-state index is 0.100. The van der Waals surface area contributed by atoms with Crippen LogP contribution in [0.5, 0.6) is 0 Å². The van der Waals surface area contributed by atoms with Gasteiger partial charge in [0, 0.05) is 17.8 Å². The van der Waals surface area contributed by atoms with Gasteiger partial charge in [-0.1, -0.05) is 0 Å². The standard InChI is InChI=1S/C16H21FN2O2/c1-11-8-13(17)2-3-14(11)19-10-12(15(20)21)9-16(19)4-6-18-7-5-16/h2-3,8,12,18H,4-7,9-10H2,1H3,(H,20,21). The van der Waals surface area contributed by atoms with Gasteiger partial charge >= 0.3 is 5.97 Å². The van der Waals surface area contributed by atoms with Crippen molar-refractivity contribution in [2.24, 2.45) is 5.92 Å². The van der Waals surface area contributed by atoms with E-state index in [-0.39, 0.29) is 17.3 Å². The van der Waals surface area contributed by atoms with Crippen LogP contribution < -0.4 is 10.2 Å². The highest BCUT2D eigenvalue weighted by Crippen LogP contribution is 2.43. The Labute approximate surface area is 124 Å². The predicted molar refractivity (Wildman–Crippen MR) is 79.1 cm³/mol. The van der Waals surface area contributed by atoms with Crippen molar-refractivity contribution in [3.05, 3.63) is 29.6 Å². The van der Waals surface area contributed by atoms with Crippen molar-refractivity contribution < 1.29 is 14.3 Å². The van der Waals surface area contributed by atoms with E-state index < -0.39 is 5.97 Å². The van der Waals surface area contributed by atoms with Crippen LogP contribution in [0.4, 0.5) is 10.1 Å². The van der Waals surface area contributed by atoms with Crippen LogP contribution in [-0.4, -0.2) is 36.2 Å². The summed E-state index contributed by atoms with van der Waals surface area (Å²) in [5.41, 5.74) is 1.75. The average molecular weight is 292 g/mol. The summed E-state index contributed by atoms with van der Waals surface area (Å²) in [4.78, 5) is 13.7. The number of aryl methyl sites for hydroxylation is 1. The molecule has 1 unspecified atom stereocenters. The quantitative estimate of drug-likeness (QED) is 0.877. The Bertz CT molecular complexity index is 555. The number of halogens is 1. The number of nitrogens with one attached hydrogen (secondary N) is 1. The lowest BCUT2D eigenvalue weighted by atomic mass is 9.83. The molecule has 21 heavy (non-hydrogen) atoms. The number of benzene rings is 1. The molecular formula is C16H21FN2O2. The van der Waals surface area contributed by atoms with Crippen LogP contribution >= 0.6 is 0 Å². The molecule has 1 aromatic carbocycles. The van der Waals surface area contributed by atoms with Gasteiger partial charge in [0.2, 0.25) is 0 Å². The number of carboxylic acids is 1. The number of aliphatic carboxylic acids is 1. The van der Waals surface area contributed by atoms with Gasteiger partial charge in [-0.05, 0) is 63.0 Å². The minimum Gasteiger partial charge on any atom is -0.481 e. The Balaban J connectivity index is 1.98. The fraction of sp³-hybridized carbons (Fsp3) is 0.562. The van der Waals surface area contributed by atoms with E-state index in [1.807, 2.05) is 6.92 Å². The van der Waals surface area contributed by atoms with Crippen molar-refractivity contribution in [3.8, 4) is 0 Å². The zero-order valence-electron chi connectivity index (χ0n) is 12.2. The number of anilines is 1. The molecule has 2 aliphatic heterocycles. The normalized spacial score (nSPS) is 24.5. The first-order chi connectivity index (χ1) is 10.0. The number of nitrogens with zero attached hydrogens (tertiary/aromatic N) is 1. The topological polar surface area (TPSA) is 52.6 Å². The maximum Gasteiger partial charge on any atom is 0.308 e. The summed E-state index contributed by atoms with van der Waals surface area (Å²) in [6.07, 6.45) is 2.56. The maximum absolute atomic E-state index is 13.4. The number of rotatable bonds is 2. The third kappa shape index (κ3) is 2.50. The molecule has 2 saturated heterocycles. The molecule has 5 heteroatoms. The maximum atomic E-state index is 13.4. The highest BCUT2D eigenvalue weighted by molar-refractivity contribution is 5.73. The molecule has 0 bridgehead atoms. The first kappa shape index (κ1) is 14.3. The Morgan fingerprint density at radius 2 is 2.14 bits per heavy atom. The molecule has 2 N–H and O–H groups in total. The van der Waals surface area contributed by atoms with Crippen molar-refractivity contribution in [1.82, 2.24) is 5.32 Å². The molecule has 1 atom stereocenters. The summed E-state index contributed by atoms with van der Waals surface area (Å²) in [6, 6.07) is 4.78.